The molecule has 4 heteroatoms. The van der Waals surface area contributed by atoms with Crippen LogP contribution in [0.3, 0.4) is 0 Å². The Morgan fingerprint density at radius 2 is 1.63 bits per heavy atom. The van der Waals surface area contributed by atoms with Crippen LogP contribution in [-0.2, 0) is 4.74 Å². The summed E-state index contributed by atoms with van der Waals surface area (Å²) in [4.78, 5) is 0. The van der Waals surface area contributed by atoms with E-state index >= 15 is 0 Å². The topological polar surface area (TPSA) is 9.23 Å². The van der Waals surface area contributed by atoms with Crippen molar-refractivity contribution in [2.75, 3.05) is 13.7 Å². The molecule has 0 spiro atoms. The van der Waals surface area contributed by atoms with Gasteiger partial charge in [0, 0.05) is 13.7 Å². The van der Waals surface area contributed by atoms with Crippen molar-refractivity contribution in [3.8, 4) is 0 Å². The molecule has 0 aromatic heterocycles. The van der Waals surface area contributed by atoms with Gasteiger partial charge in [-0.15, -0.1) is 0 Å². The SMILES string of the molecule is COCCCC1[C@@H](C)C(C)C2[C@@H]3CC[C@@H]4CC(C(F)(F)F)CCC4(C)C3CCC12C. The Kier molecular flexibility index (Phi) is 6.08. The summed E-state index contributed by atoms with van der Waals surface area (Å²) >= 11 is 0. The number of ether oxygens (including phenoxy) is 1. The minimum absolute atomic E-state index is 0.128. The van der Waals surface area contributed by atoms with E-state index < -0.39 is 12.1 Å². The Morgan fingerprint density at radius 1 is 0.933 bits per heavy atom. The molecule has 10 atom stereocenters. The van der Waals surface area contributed by atoms with E-state index in [-0.39, 0.29) is 11.3 Å². The lowest BCUT2D eigenvalue weighted by Gasteiger charge is -2.61. The molecule has 1 nitrogen and oxygen atoms in total. The predicted molar refractivity (Wildman–Crippen MR) is 115 cm³/mol. The molecule has 4 saturated carbocycles. The van der Waals surface area contributed by atoms with Crippen molar-refractivity contribution in [3.63, 3.8) is 0 Å². The number of fused-ring (bicyclic) bond motifs is 5. The Morgan fingerprint density at radius 3 is 2.30 bits per heavy atom. The van der Waals surface area contributed by atoms with Crippen molar-refractivity contribution >= 4 is 0 Å². The van der Waals surface area contributed by atoms with Crippen LogP contribution in [0.1, 0.15) is 85.5 Å². The van der Waals surface area contributed by atoms with Gasteiger partial charge in [0.05, 0.1) is 5.92 Å². The van der Waals surface area contributed by atoms with Crippen LogP contribution in [0.4, 0.5) is 13.2 Å². The van der Waals surface area contributed by atoms with E-state index in [1.54, 1.807) is 7.11 Å². The summed E-state index contributed by atoms with van der Waals surface area (Å²) in [7, 11) is 1.79. The van der Waals surface area contributed by atoms with E-state index in [2.05, 4.69) is 27.7 Å². The minimum Gasteiger partial charge on any atom is -0.385 e. The molecule has 0 bridgehead atoms. The van der Waals surface area contributed by atoms with Crippen molar-refractivity contribution < 1.29 is 17.9 Å². The van der Waals surface area contributed by atoms with Crippen LogP contribution in [0.2, 0.25) is 0 Å². The number of rotatable bonds is 4. The van der Waals surface area contributed by atoms with Gasteiger partial charge < -0.3 is 4.74 Å². The summed E-state index contributed by atoms with van der Waals surface area (Å²) in [5, 5.41) is 0. The second-order valence-electron chi connectivity index (χ2n) is 12.1. The first kappa shape index (κ1) is 22.9. The molecule has 4 fully saturated rings. The van der Waals surface area contributed by atoms with Gasteiger partial charge >= 0.3 is 6.18 Å². The standard InChI is InChI=1S/C26H43F3O/c1-16-17(2)23-20-9-8-18-15-19(26(27,28)29)10-12-24(18,3)22(20)11-13-25(23,4)21(16)7-6-14-30-5/h16-23H,6-15H2,1-5H3/t16-,17?,18+,19?,20+,21?,22?,23?,24?,25?/m0/s1. The highest BCUT2D eigenvalue weighted by Gasteiger charge is 2.64. The Labute approximate surface area is 181 Å². The molecule has 174 valence electrons. The summed E-state index contributed by atoms with van der Waals surface area (Å²) < 4.78 is 45.7. The molecule has 0 heterocycles. The van der Waals surface area contributed by atoms with Gasteiger partial charge in [-0.05, 0) is 110 Å². The lowest BCUT2D eigenvalue weighted by atomic mass is 9.43. The van der Waals surface area contributed by atoms with E-state index in [9.17, 15) is 13.2 Å². The number of halogens is 3. The van der Waals surface area contributed by atoms with Gasteiger partial charge in [-0.2, -0.15) is 13.2 Å². The maximum Gasteiger partial charge on any atom is 0.391 e. The maximum atomic E-state index is 13.4. The summed E-state index contributed by atoms with van der Waals surface area (Å²) in [6.45, 7) is 10.8. The molecule has 0 N–H and O–H groups in total. The van der Waals surface area contributed by atoms with Gasteiger partial charge in [0.15, 0.2) is 0 Å². The zero-order valence-electron chi connectivity index (χ0n) is 19.7. The largest absolute Gasteiger partial charge is 0.391 e. The monoisotopic (exact) mass is 428 g/mol. The van der Waals surface area contributed by atoms with Gasteiger partial charge in [0.1, 0.15) is 0 Å². The fraction of sp³-hybridized carbons (Fsp3) is 1.00. The number of hydrogen-bond donors (Lipinski definition) is 0. The third-order valence-electron chi connectivity index (χ3n) is 11.2. The van der Waals surface area contributed by atoms with Crippen LogP contribution in [-0.4, -0.2) is 19.9 Å². The van der Waals surface area contributed by atoms with Crippen LogP contribution in [0.5, 0.6) is 0 Å². The molecule has 0 saturated heterocycles. The minimum atomic E-state index is -4.01. The maximum absolute atomic E-state index is 13.4. The van der Waals surface area contributed by atoms with Crippen LogP contribution < -0.4 is 0 Å². The summed E-state index contributed by atoms with van der Waals surface area (Å²) in [5.41, 5.74) is 0.531. The molecular weight excluding hydrogens is 385 g/mol. The Hall–Kier alpha value is -0.250. The first-order valence-electron chi connectivity index (χ1n) is 12.6. The highest BCUT2D eigenvalue weighted by molar-refractivity contribution is 5.12. The smallest absolute Gasteiger partial charge is 0.385 e. The first-order valence-corrected chi connectivity index (χ1v) is 12.6. The van der Waals surface area contributed by atoms with Crippen molar-refractivity contribution in [1.29, 1.82) is 0 Å². The van der Waals surface area contributed by atoms with Crippen LogP contribution in [0, 0.1) is 58.2 Å². The lowest BCUT2D eigenvalue weighted by Crippen LogP contribution is -2.54. The molecule has 30 heavy (non-hydrogen) atoms. The van der Waals surface area contributed by atoms with Gasteiger partial charge in [0.25, 0.3) is 0 Å². The molecule has 0 radical (unpaired) electrons. The fourth-order valence-corrected chi connectivity index (χ4v) is 9.59. The second-order valence-corrected chi connectivity index (χ2v) is 12.1. The van der Waals surface area contributed by atoms with Crippen LogP contribution in [0.15, 0.2) is 0 Å². The molecule has 4 rings (SSSR count). The third-order valence-corrected chi connectivity index (χ3v) is 11.2. The lowest BCUT2D eigenvalue weighted by molar-refractivity contribution is -0.208. The van der Waals surface area contributed by atoms with E-state index in [4.69, 9.17) is 4.74 Å². The van der Waals surface area contributed by atoms with Gasteiger partial charge in [-0.3, -0.25) is 0 Å². The van der Waals surface area contributed by atoms with Crippen molar-refractivity contribution in [2.24, 2.45) is 58.2 Å². The summed E-state index contributed by atoms with van der Waals surface area (Å²) in [6, 6.07) is 0. The average molecular weight is 429 g/mol. The molecule has 0 aliphatic heterocycles. The average Bonchev–Trinajstić information content (AvgIpc) is 2.87. The highest BCUT2D eigenvalue weighted by Crippen LogP contribution is 2.70. The van der Waals surface area contributed by atoms with Crippen molar-refractivity contribution in [2.45, 2.75) is 91.7 Å². The van der Waals surface area contributed by atoms with E-state index in [1.807, 2.05) is 0 Å². The summed E-state index contributed by atoms with van der Waals surface area (Å²) in [5.74, 6) is 3.54. The fourth-order valence-electron chi connectivity index (χ4n) is 9.59. The number of methoxy groups -OCH3 is 1. The normalized spacial score (nSPS) is 51.2. The predicted octanol–water partition coefficient (Wildman–Crippen LogP) is 7.74. The van der Waals surface area contributed by atoms with Crippen LogP contribution in [0.25, 0.3) is 0 Å². The van der Waals surface area contributed by atoms with Crippen molar-refractivity contribution in [1.82, 2.24) is 0 Å². The van der Waals surface area contributed by atoms with E-state index in [1.165, 1.54) is 19.3 Å². The molecular formula is C26H43F3O. The first-order chi connectivity index (χ1) is 14.0. The zero-order chi connectivity index (χ0) is 21.9. The van der Waals surface area contributed by atoms with Gasteiger partial charge in [0.2, 0.25) is 0 Å². The quantitative estimate of drug-likeness (QED) is 0.416. The molecule has 0 aromatic rings. The Bertz CT molecular complexity index is 618. The Balaban J connectivity index is 1.55. The van der Waals surface area contributed by atoms with E-state index in [0.717, 1.165) is 61.9 Å². The van der Waals surface area contributed by atoms with Gasteiger partial charge in [-0.1, -0.05) is 27.7 Å². The highest BCUT2D eigenvalue weighted by atomic mass is 19.4. The van der Waals surface area contributed by atoms with Crippen LogP contribution >= 0.6 is 0 Å². The molecule has 4 aliphatic carbocycles. The molecule has 4 aliphatic rings. The molecule has 0 aromatic carbocycles. The molecule has 0 amide bonds. The number of hydrogen-bond acceptors (Lipinski definition) is 1. The summed E-state index contributed by atoms with van der Waals surface area (Å²) in [6.07, 6.45) is 4.62. The third kappa shape index (κ3) is 3.46. The van der Waals surface area contributed by atoms with Gasteiger partial charge in [-0.25, -0.2) is 0 Å². The van der Waals surface area contributed by atoms with Crippen molar-refractivity contribution in [3.05, 3.63) is 0 Å². The zero-order valence-corrected chi connectivity index (χ0v) is 19.7. The molecule has 7 unspecified atom stereocenters. The second kappa shape index (κ2) is 7.96. The number of alkyl halides is 3. The van der Waals surface area contributed by atoms with E-state index in [0.29, 0.717) is 24.2 Å².